The smallest absolute Gasteiger partial charge is 0.406 e. The normalized spacial score (nSPS) is 18.0. The second kappa shape index (κ2) is 6.66. The highest BCUT2D eigenvalue weighted by molar-refractivity contribution is 5.34. The van der Waals surface area contributed by atoms with Gasteiger partial charge in [0.05, 0.1) is 0 Å². The summed E-state index contributed by atoms with van der Waals surface area (Å²) >= 11 is 0. The number of benzene rings is 1. The first-order chi connectivity index (χ1) is 9.85. The lowest BCUT2D eigenvalue weighted by atomic mass is 10.0. The molecular formula is C15H21F3N2O. The van der Waals surface area contributed by atoms with Crippen LogP contribution in [0.4, 0.5) is 13.2 Å². The van der Waals surface area contributed by atoms with E-state index in [4.69, 9.17) is 5.73 Å². The zero-order valence-electron chi connectivity index (χ0n) is 12.1. The van der Waals surface area contributed by atoms with Gasteiger partial charge in [0.15, 0.2) is 0 Å². The van der Waals surface area contributed by atoms with Crippen molar-refractivity contribution in [1.82, 2.24) is 4.90 Å². The summed E-state index contributed by atoms with van der Waals surface area (Å²) < 4.78 is 41.1. The van der Waals surface area contributed by atoms with Crippen LogP contribution in [0.15, 0.2) is 18.2 Å². The molecule has 3 nitrogen and oxygen atoms in total. The molecule has 21 heavy (non-hydrogen) atoms. The largest absolute Gasteiger partial charge is 0.573 e. The van der Waals surface area contributed by atoms with Gasteiger partial charge in [-0.15, -0.1) is 13.2 Å². The summed E-state index contributed by atoms with van der Waals surface area (Å²) in [5, 5.41) is 0. The van der Waals surface area contributed by atoms with Crippen molar-refractivity contribution in [3.63, 3.8) is 0 Å². The molecular weight excluding hydrogens is 281 g/mol. The van der Waals surface area contributed by atoms with Crippen molar-refractivity contribution in [2.24, 2.45) is 5.73 Å². The van der Waals surface area contributed by atoms with Crippen LogP contribution >= 0.6 is 0 Å². The van der Waals surface area contributed by atoms with E-state index in [2.05, 4.69) is 9.64 Å². The van der Waals surface area contributed by atoms with Crippen LogP contribution in [0.2, 0.25) is 0 Å². The minimum Gasteiger partial charge on any atom is -0.406 e. The fourth-order valence-corrected chi connectivity index (χ4v) is 2.59. The molecule has 118 valence electrons. The van der Waals surface area contributed by atoms with Crippen LogP contribution in [0.3, 0.4) is 0 Å². The molecule has 2 rings (SSSR count). The van der Waals surface area contributed by atoms with Crippen molar-refractivity contribution in [2.75, 3.05) is 13.1 Å². The average Bonchev–Trinajstić information content (AvgIpc) is 2.39. The number of alkyl halides is 3. The summed E-state index contributed by atoms with van der Waals surface area (Å²) in [6.07, 6.45) is -2.12. The van der Waals surface area contributed by atoms with Crippen molar-refractivity contribution in [2.45, 2.75) is 45.1 Å². The SMILES string of the molecule is CCc1cc(CN2CCC(N)CC2)cc(OC(F)(F)F)c1. The first-order valence-electron chi connectivity index (χ1n) is 7.22. The first kappa shape index (κ1) is 16.1. The van der Waals surface area contributed by atoms with Crippen LogP contribution in [-0.2, 0) is 13.0 Å². The number of piperidine rings is 1. The molecule has 0 saturated carbocycles. The number of nitrogens with zero attached hydrogens (tertiary/aromatic N) is 1. The molecule has 1 heterocycles. The van der Waals surface area contributed by atoms with Gasteiger partial charge in [0, 0.05) is 12.6 Å². The number of nitrogens with two attached hydrogens (primary N) is 1. The molecule has 1 fully saturated rings. The van der Waals surface area contributed by atoms with Crippen LogP contribution in [0.1, 0.15) is 30.9 Å². The Morgan fingerprint density at radius 2 is 1.81 bits per heavy atom. The Balaban J connectivity index is 2.09. The number of hydrogen-bond acceptors (Lipinski definition) is 3. The Morgan fingerprint density at radius 1 is 1.19 bits per heavy atom. The minimum absolute atomic E-state index is 0.134. The van der Waals surface area contributed by atoms with Crippen molar-refractivity contribution >= 4 is 0 Å². The van der Waals surface area contributed by atoms with Crippen LogP contribution in [0.25, 0.3) is 0 Å². The summed E-state index contributed by atoms with van der Waals surface area (Å²) in [5.74, 6) is -0.134. The number of likely N-dealkylation sites (tertiary alicyclic amines) is 1. The predicted octanol–water partition coefficient (Wildman–Crippen LogP) is 3.07. The van der Waals surface area contributed by atoms with Crippen LogP contribution in [-0.4, -0.2) is 30.4 Å². The molecule has 6 heteroatoms. The predicted molar refractivity (Wildman–Crippen MR) is 75.0 cm³/mol. The number of halogens is 3. The van der Waals surface area contributed by atoms with Gasteiger partial charge in [0.2, 0.25) is 0 Å². The fraction of sp³-hybridized carbons (Fsp3) is 0.600. The lowest BCUT2D eigenvalue weighted by Gasteiger charge is -2.30. The third-order valence-electron chi connectivity index (χ3n) is 3.71. The molecule has 2 N–H and O–H groups in total. The van der Waals surface area contributed by atoms with Gasteiger partial charge in [-0.05, 0) is 55.6 Å². The molecule has 0 bridgehead atoms. The van der Waals surface area contributed by atoms with Crippen LogP contribution in [0.5, 0.6) is 5.75 Å². The Bertz CT molecular complexity index is 468. The van der Waals surface area contributed by atoms with E-state index in [0.717, 1.165) is 37.1 Å². The summed E-state index contributed by atoms with van der Waals surface area (Å²) in [7, 11) is 0. The van der Waals surface area contributed by atoms with E-state index in [1.807, 2.05) is 13.0 Å². The molecule has 0 amide bonds. The van der Waals surface area contributed by atoms with Crippen LogP contribution in [0, 0.1) is 0 Å². The van der Waals surface area contributed by atoms with Crippen molar-refractivity contribution in [3.8, 4) is 5.75 Å². The van der Waals surface area contributed by atoms with Gasteiger partial charge < -0.3 is 10.5 Å². The van der Waals surface area contributed by atoms with Crippen molar-refractivity contribution in [1.29, 1.82) is 0 Å². The van der Waals surface area contributed by atoms with Crippen molar-refractivity contribution < 1.29 is 17.9 Å². The van der Waals surface area contributed by atoms with E-state index >= 15 is 0 Å². The third kappa shape index (κ3) is 5.21. The summed E-state index contributed by atoms with van der Waals surface area (Å²) in [5.41, 5.74) is 7.56. The maximum atomic E-state index is 12.4. The van der Waals surface area contributed by atoms with Gasteiger partial charge in [-0.25, -0.2) is 0 Å². The minimum atomic E-state index is -4.65. The monoisotopic (exact) mass is 302 g/mol. The highest BCUT2D eigenvalue weighted by Crippen LogP contribution is 2.26. The van der Waals surface area contributed by atoms with E-state index in [1.165, 1.54) is 12.1 Å². The summed E-state index contributed by atoms with van der Waals surface area (Å²) in [6.45, 7) is 4.31. The van der Waals surface area contributed by atoms with Crippen LogP contribution < -0.4 is 10.5 Å². The van der Waals surface area contributed by atoms with Gasteiger partial charge in [-0.3, -0.25) is 4.90 Å². The molecule has 0 atom stereocenters. The third-order valence-corrected chi connectivity index (χ3v) is 3.71. The first-order valence-corrected chi connectivity index (χ1v) is 7.22. The second-order valence-electron chi connectivity index (χ2n) is 5.50. The van der Waals surface area contributed by atoms with E-state index < -0.39 is 6.36 Å². The van der Waals surface area contributed by atoms with Crippen molar-refractivity contribution in [3.05, 3.63) is 29.3 Å². The van der Waals surface area contributed by atoms with Gasteiger partial charge in [0.1, 0.15) is 5.75 Å². The highest BCUT2D eigenvalue weighted by Gasteiger charge is 2.31. The molecule has 0 radical (unpaired) electrons. The maximum Gasteiger partial charge on any atom is 0.573 e. The molecule has 1 saturated heterocycles. The van der Waals surface area contributed by atoms with E-state index in [9.17, 15) is 13.2 Å². The molecule has 0 aromatic heterocycles. The Hall–Kier alpha value is -1.27. The van der Waals surface area contributed by atoms with Gasteiger partial charge in [0.25, 0.3) is 0 Å². The summed E-state index contributed by atoms with van der Waals surface area (Å²) in [6, 6.07) is 5.11. The fourth-order valence-electron chi connectivity index (χ4n) is 2.59. The maximum absolute atomic E-state index is 12.4. The summed E-state index contributed by atoms with van der Waals surface area (Å²) in [4.78, 5) is 2.22. The zero-order chi connectivity index (χ0) is 15.5. The van der Waals surface area contributed by atoms with E-state index in [0.29, 0.717) is 13.0 Å². The molecule has 0 unspecified atom stereocenters. The Labute approximate surface area is 122 Å². The molecule has 1 aliphatic rings. The number of aryl methyl sites for hydroxylation is 1. The second-order valence-corrected chi connectivity index (χ2v) is 5.50. The quantitative estimate of drug-likeness (QED) is 0.929. The molecule has 1 aromatic carbocycles. The van der Waals surface area contributed by atoms with Gasteiger partial charge >= 0.3 is 6.36 Å². The van der Waals surface area contributed by atoms with Gasteiger partial charge in [-0.2, -0.15) is 0 Å². The zero-order valence-corrected chi connectivity index (χ0v) is 12.1. The standard InChI is InChI=1S/C15H21F3N2O/c1-2-11-7-12(9-14(8-11)21-15(16,17)18)10-20-5-3-13(19)4-6-20/h7-9,13H,2-6,10,19H2,1H3. The molecule has 1 aromatic rings. The highest BCUT2D eigenvalue weighted by atomic mass is 19.4. The van der Waals surface area contributed by atoms with E-state index in [1.54, 1.807) is 0 Å². The number of ether oxygens (including phenoxy) is 1. The van der Waals surface area contributed by atoms with Gasteiger partial charge in [-0.1, -0.05) is 13.0 Å². The number of rotatable bonds is 4. The lowest BCUT2D eigenvalue weighted by Crippen LogP contribution is -2.39. The molecule has 0 spiro atoms. The Morgan fingerprint density at radius 3 is 2.38 bits per heavy atom. The van der Waals surface area contributed by atoms with E-state index in [-0.39, 0.29) is 11.8 Å². The lowest BCUT2D eigenvalue weighted by molar-refractivity contribution is -0.274. The number of hydrogen-bond donors (Lipinski definition) is 1. The topological polar surface area (TPSA) is 38.5 Å². The average molecular weight is 302 g/mol. The molecule has 1 aliphatic heterocycles. The molecule has 0 aliphatic carbocycles. The Kier molecular flexibility index (Phi) is 5.11.